The van der Waals surface area contributed by atoms with E-state index in [2.05, 4.69) is 32.3 Å². The molecule has 1 fully saturated rings. The van der Waals surface area contributed by atoms with Crippen LogP contribution >= 0.6 is 0 Å². The number of nitrogens with one attached hydrogen (secondary N) is 1. The first-order valence-electron chi connectivity index (χ1n) is 11.6. The van der Waals surface area contributed by atoms with Gasteiger partial charge in [0.1, 0.15) is 5.69 Å². The summed E-state index contributed by atoms with van der Waals surface area (Å²) in [6.07, 6.45) is 4.29. The number of hydrogen-bond acceptors (Lipinski definition) is 7. The Morgan fingerprint density at radius 2 is 1.87 bits per heavy atom. The number of nitrogens with zero attached hydrogens (tertiary/aromatic N) is 4. The summed E-state index contributed by atoms with van der Waals surface area (Å²) in [5.74, 6) is -0.531. The molecule has 0 aliphatic carbocycles. The largest absolute Gasteiger partial charge is 0.463 e. The molecule has 2 aromatic rings. The highest BCUT2D eigenvalue weighted by Gasteiger charge is 2.27. The monoisotopic (exact) mass is 412 g/mol. The molecule has 8 nitrogen and oxygen atoms in total. The molecule has 0 bridgehead atoms. The summed E-state index contributed by atoms with van der Waals surface area (Å²) in [5, 5.41) is 2.51. The third-order valence-electron chi connectivity index (χ3n) is 5.33. The number of fused-ring (bicyclic) bond motifs is 1. The molecule has 1 aromatic heterocycles. The molecule has 1 amide bonds. The van der Waals surface area contributed by atoms with Crippen molar-refractivity contribution in [3.05, 3.63) is 35.4 Å². The van der Waals surface area contributed by atoms with Crippen molar-refractivity contribution in [2.24, 2.45) is 0 Å². The third kappa shape index (κ3) is 4.81. The van der Waals surface area contributed by atoms with Crippen LogP contribution in [0, 0.1) is 0 Å². The van der Waals surface area contributed by atoms with Gasteiger partial charge < -0.3 is 20.7 Å². The number of benzene rings is 1. The number of likely N-dealkylation sites (tertiary alicyclic amines) is 1. The Kier molecular flexibility index (Phi) is 5.56. The Morgan fingerprint density at radius 3 is 2.57 bits per heavy atom. The van der Waals surface area contributed by atoms with E-state index in [0.717, 1.165) is 38.0 Å². The van der Waals surface area contributed by atoms with Crippen molar-refractivity contribution in [3.63, 3.8) is 0 Å². The first kappa shape index (κ1) is 17.9. The molecule has 2 aliphatic heterocycles. The van der Waals surface area contributed by atoms with Gasteiger partial charge >= 0.3 is 6.01 Å². The van der Waals surface area contributed by atoms with Crippen LogP contribution < -0.4 is 20.7 Å². The van der Waals surface area contributed by atoms with Crippen LogP contribution in [0.25, 0.3) is 0 Å². The maximum Gasteiger partial charge on any atom is 0.320 e. The Bertz CT molecular complexity index is 964. The second-order valence-electron chi connectivity index (χ2n) is 7.74. The molecular weight excluding hydrogens is 380 g/mol. The second-order valence-corrected chi connectivity index (χ2v) is 7.74. The number of carbonyl (C=O) groups is 1. The summed E-state index contributed by atoms with van der Waals surface area (Å²) < 4.78 is 22.4. The summed E-state index contributed by atoms with van der Waals surface area (Å²) >= 11 is 0. The number of hydrogen-bond donors (Lipinski definition) is 2. The van der Waals surface area contributed by atoms with Gasteiger partial charge in [-0.05, 0) is 43.5 Å². The van der Waals surface area contributed by atoms with Crippen molar-refractivity contribution in [3.8, 4) is 6.01 Å². The summed E-state index contributed by atoms with van der Waals surface area (Å²) in [6, 6.07) is 8.13. The van der Waals surface area contributed by atoms with Gasteiger partial charge in [-0.2, -0.15) is 9.97 Å². The van der Waals surface area contributed by atoms with E-state index in [4.69, 9.17) is 13.2 Å². The van der Waals surface area contributed by atoms with E-state index in [1.807, 2.05) is 19.1 Å². The Labute approximate surface area is 180 Å². The fourth-order valence-electron chi connectivity index (χ4n) is 3.70. The maximum absolute atomic E-state index is 12.5. The van der Waals surface area contributed by atoms with Gasteiger partial charge in [-0.15, -0.1) is 0 Å². The van der Waals surface area contributed by atoms with Crippen LogP contribution in [0.4, 0.5) is 17.3 Å². The van der Waals surface area contributed by atoms with Crippen molar-refractivity contribution in [1.82, 2.24) is 14.9 Å². The highest BCUT2D eigenvalue weighted by atomic mass is 16.5. The van der Waals surface area contributed by atoms with E-state index in [1.165, 1.54) is 23.3 Å². The molecule has 1 aromatic carbocycles. The lowest BCUT2D eigenvalue weighted by Gasteiger charge is -2.30. The van der Waals surface area contributed by atoms with Gasteiger partial charge in [-0.1, -0.05) is 37.6 Å². The summed E-state index contributed by atoms with van der Waals surface area (Å²) in [4.78, 5) is 24.8. The normalized spacial score (nSPS) is 19.1. The van der Waals surface area contributed by atoms with Crippen LogP contribution in [0.2, 0.25) is 0 Å². The molecule has 0 unspecified atom stereocenters. The molecule has 0 saturated carbocycles. The van der Waals surface area contributed by atoms with Crippen molar-refractivity contribution in [2.75, 3.05) is 42.1 Å². The lowest BCUT2D eigenvalue weighted by molar-refractivity contribution is -0.115. The molecule has 8 heteroatoms. The van der Waals surface area contributed by atoms with Gasteiger partial charge in [0.2, 0.25) is 5.91 Å². The Morgan fingerprint density at radius 1 is 1.17 bits per heavy atom. The van der Waals surface area contributed by atoms with Gasteiger partial charge in [-0.3, -0.25) is 9.69 Å². The van der Waals surface area contributed by atoms with Gasteiger partial charge in [0.25, 0.3) is 0 Å². The lowest BCUT2D eigenvalue weighted by atomic mass is 10.1. The second kappa shape index (κ2) is 9.30. The van der Waals surface area contributed by atoms with Crippen molar-refractivity contribution >= 4 is 23.2 Å². The number of ether oxygens (including phenoxy) is 1. The topological polar surface area (TPSA) is 96.6 Å². The molecular formula is C22H30N6O2. The highest BCUT2D eigenvalue weighted by Crippen LogP contribution is 2.34. The minimum atomic E-state index is -2.30. The fourth-order valence-corrected chi connectivity index (χ4v) is 3.70. The first-order valence-corrected chi connectivity index (χ1v) is 10.6. The SMILES string of the molecule is [2H]C1([2H])C(=O)Nc2c(N)nc(OCCCC)nc2N1Cc1ccc(CN2CCCC2)cc1. The Balaban J connectivity index is 1.58. The van der Waals surface area contributed by atoms with E-state index in [9.17, 15) is 4.79 Å². The van der Waals surface area contributed by atoms with E-state index >= 15 is 0 Å². The van der Waals surface area contributed by atoms with Gasteiger partial charge in [0.15, 0.2) is 11.6 Å². The predicted octanol–water partition coefficient (Wildman–Crippen LogP) is 2.79. The quantitative estimate of drug-likeness (QED) is 0.644. The van der Waals surface area contributed by atoms with E-state index in [0.29, 0.717) is 6.61 Å². The number of nitrogen functional groups attached to an aromatic ring is 1. The zero-order valence-corrected chi connectivity index (χ0v) is 17.4. The number of anilines is 3. The average Bonchev–Trinajstić information content (AvgIpc) is 3.27. The molecule has 3 N–H and O–H groups in total. The molecule has 2 aliphatic rings. The molecule has 1 saturated heterocycles. The van der Waals surface area contributed by atoms with Crippen LogP contribution in [-0.2, 0) is 17.9 Å². The standard InChI is InChI=1S/C22H30N6O2/c1-2-3-12-30-22-25-20(23)19-21(26-22)28(15-18(29)24-19)14-17-8-6-16(7-9-17)13-27-10-4-5-11-27/h6-9H,2-5,10-15H2,1H3,(H,24,29)(H2,23,25,26)/i15D2. The number of nitrogens with two attached hydrogens (primary N) is 1. The lowest BCUT2D eigenvalue weighted by Crippen LogP contribution is -2.39. The zero-order chi connectivity index (χ0) is 22.7. The number of aromatic nitrogens is 2. The minimum Gasteiger partial charge on any atom is -0.463 e. The van der Waals surface area contributed by atoms with Gasteiger partial charge in [0, 0.05) is 13.1 Å². The molecule has 0 spiro atoms. The zero-order valence-electron chi connectivity index (χ0n) is 19.4. The van der Waals surface area contributed by atoms with E-state index < -0.39 is 12.4 Å². The van der Waals surface area contributed by atoms with E-state index in [1.54, 1.807) is 0 Å². The molecule has 3 heterocycles. The minimum absolute atomic E-state index is 0.0521. The van der Waals surface area contributed by atoms with E-state index in [-0.39, 0.29) is 29.9 Å². The average molecular weight is 413 g/mol. The van der Waals surface area contributed by atoms with Crippen LogP contribution in [0.5, 0.6) is 6.01 Å². The highest BCUT2D eigenvalue weighted by molar-refractivity contribution is 6.03. The number of rotatable bonds is 8. The maximum atomic E-state index is 12.5. The fraction of sp³-hybridized carbons (Fsp3) is 0.500. The van der Waals surface area contributed by atoms with Crippen LogP contribution in [0.15, 0.2) is 24.3 Å². The number of amides is 1. The predicted molar refractivity (Wildman–Crippen MR) is 117 cm³/mol. The molecule has 4 rings (SSSR count). The summed E-state index contributed by atoms with van der Waals surface area (Å²) in [7, 11) is 0. The smallest absolute Gasteiger partial charge is 0.320 e. The number of unbranched alkanes of at least 4 members (excludes halogenated alkanes) is 1. The van der Waals surface area contributed by atoms with Crippen molar-refractivity contribution < 1.29 is 12.3 Å². The summed E-state index contributed by atoms with van der Waals surface area (Å²) in [6.45, 7) is 3.51. The van der Waals surface area contributed by atoms with Gasteiger partial charge in [0.05, 0.1) is 15.8 Å². The van der Waals surface area contributed by atoms with Crippen molar-refractivity contribution in [1.29, 1.82) is 0 Å². The van der Waals surface area contributed by atoms with Crippen LogP contribution in [0.1, 0.15) is 46.5 Å². The summed E-state index contributed by atoms with van der Waals surface area (Å²) in [5.41, 5.74) is 8.34. The molecule has 0 atom stereocenters. The molecule has 160 valence electrons. The first-order chi connectivity index (χ1) is 15.4. The van der Waals surface area contributed by atoms with Crippen molar-refractivity contribution in [2.45, 2.75) is 45.7 Å². The number of carbonyl (C=O) groups excluding carboxylic acids is 1. The molecule has 30 heavy (non-hydrogen) atoms. The Hall–Kier alpha value is -2.87. The molecule has 0 radical (unpaired) electrons. The van der Waals surface area contributed by atoms with Crippen LogP contribution in [-0.4, -0.2) is 47.0 Å². The van der Waals surface area contributed by atoms with Crippen LogP contribution in [0.3, 0.4) is 0 Å². The van der Waals surface area contributed by atoms with Gasteiger partial charge in [-0.25, -0.2) is 0 Å². The third-order valence-corrected chi connectivity index (χ3v) is 5.33.